The van der Waals surface area contributed by atoms with Gasteiger partial charge in [0.15, 0.2) is 0 Å². The van der Waals surface area contributed by atoms with Gasteiger partial charge in [0.2, 0.25) is 5.91 Å². The minimum absolute atomic E-state index is 0.227. The number of amides is 1. The molecule has 1 aromatic carbocycles. The van der Waals surface area contributed by atoms with Crippen molar-refractivity contribution in [1.29, 1.82) is 0 Å². The topological polar surface area (TPSA) is 79.5 Å². The third-order valence-electron chi connectivity index (χ3n) is 3.47. The summed E-state index contributed by atoms with van der Waals surface area (Å²) < 4.78 is 4.60. The van der Waals surface area contributed by atoms with E-state index in [1.54, 1.807) is 13.0 Å². The molecule has 1 saturated heterocycles. The van der Waals surface area contributed by atoms with Crippen LogP contribution >= 0.6 is 11.6 Å². The van der Waals surface area contributed by atoms with E-state index < -0.39 is 12.0 Å². The molecule has 0 spiro atoms. The summed E-state index contributed by atoms with van der Waals surface area (Å²) in [7, 11) is 1.29. The first-order chi connectivity index (χ1) is 10.0. The lowest BCUT2D eigenvalue weighted by Gasteiger charge is -2.21. The largest absolute Gasteiger partial charge is 0.467 e. The van der Waals surface area contributed by atoms with Gasteiger partial charge >= 0.3 is 5.97 Å². The lowest BCUT2D eigenvalue weighted by molar-refractivity contribution is -0.145. The number of nitrogens with one attached hydrogen (secondary N) is 3. The van der Waals surface area contributed by atoms with Gasteiger partial charge < -0.3 is 10.1 Å². The molecule has 1 fully saturated rings. The Balaban J connectivity index is 2.10. The molecule has 1 heterocycles. The van der Waals surface area contributed by atoms with Gasteiger partial charge in [0, 0.05) is 11.6 Å². The fourth-order valence-electron chi connectivity index (χ4n) is 2.32. The zero-order valence-electron chi connectivity index (χ0n) is 11.9. The normalized spacial score (nSPS) is 22.6. The molecule has 2 unspecified atom stereocenters. The van der Waals surface area contributed by atoms with Crippen LogP contribution in [0.2, 0.25) is 5.02 Å². The molecule has 0 bridgehead atoms. The van der Waals surface area contributed by atoms with Crippen LogP contribution in [0.15, 0.2) is 24.3 Å². The molecule has 1 aliphatic rings. The number of carbonyl (C=O) groups excluding carboxylic acids is 2. The first-order valence-corrected chi connectivity index (χ1v) is 7.03. The minimum Gasteiger partial charge on any atom is -0.467 e. The van der Waals surface area contributed by atoms with Crippen LogP contribution in [-0.2, 0) is 14.3 Å². The van der Waals surface area contributed by atoms with Gasteiger partial charge in [0.1, 0.15) is 6.04 Å². The van der Waals surface area contributed by atoms with Gasteiger partial charge in [0.05, 0.1) is 19.1 Å². The first kappa shape index (κ1) is 15.8. The second-order valence-electron chi connectivity index (χ2n) is 4.88. The molecule has 0 aliphatic carbocycles. The summed E-state index contributed by atoms with van der Waals surface area (Å²) in [5, 5.41) is 3.25. The van der Waals surface area contributed by atoms with Gasteiger partial charge in [-0.1, -0.05) is 29.8 Å². The molecule has 7 heteroatoms. The Morgan fingerprint density at radius 1 is 1.43 bits per heavy atom. The summed E-state index contributed by atoms with van der Waals surface area (Å²) in [6.07, 6.45) is 0. The van der Waals surface area contributed by atoms with Gasteiger partial charge in [-0.2, -0.15) is 0 Å². The van der Waals surface area contributed by atoms with Crippen molar-refractivity contribution < 1.29 is 14.3 Å². The van der Waals surface area contributed by atoms with Crippen LogP contribution in [0, 0.1) is 5.92 Å². The van der Waals surface area contributed by atoms with Crippen LogP contribution in [0.1, 0.15) is 18.5 Å². The number of methoxy groups -OCH3 is 1. The van der Waals surface area contributed by atoms with E-state index in [2.05, 4.69) is 20.9 Å². The smallest absolute Gasteiger partial charge is 0.328 e. The van der Waals surface area contributed by atoms with E-state index in [1.165, 1.54) is 7.11 Å². The lowest BCUT2D eigenvalue weighted by atomic mass is 9.94. The highest BCUT2D eigenvalue weighted by Crippen LogP contribution is 2.30. The molecule has 114 valence electrons. The number of benzene rings is 1. The summed E-state index contributed by atoms with van der Waals surface area (Å²) >= 11 is 6.18. The fraction of sp³-hybridized carbons (Fsp3) is 0.429. The number of hydrogen-bond acceptors (Lipinski definition) is 5. The average molecular weight is 312 g/mol. The minimum atomic E-state index is -0.685. The van der Waals surface area contributed by atoms with Crippen molar-refractivity contribution in [2.24, 2.45) is 5.92 Å². The fourth-order valence-corrected chi connectivity index (χ4v) is 2.57. The van der Waals surface area contributed by atoms with Gasteiger partial charge in [-0.3, -0.25) is 10.2 Å². The van der Waals surface area contributed by atoms with Crippen LogP contribution in [-0.4, -0.2) is 31.6 Å². The number of hydrazine groups is 1. The van der Waals surface area contributed by atoms with E-state index in [0.717, 1.165) is 5.56 Å². The zero-order chi connectivity index (χ0) is 15.4. The van der Waals surface area contributed by atoms with Crippen molar-refractivity contribution in [3.05, 3.63) is 34.9 Å². The predicted octanol–water partition coefficient (Wildman–Crippen LogP) is 0.783. The number of ether oxygens (including phenoxy) is 1. The van der Waals surface area contributed by atoms with Gasteiger partial charge in [0.25, 0.3) is 0 Å². The molecule has 0 saturated carbocycles. The molecular formula is C14H18ClN3O3. The molecule has 3 N–H and O–H groups in total. The molecule has 21 heavy (non-hydrogen) atoms. The summed E-state index contributed by atoms with van der Waals surface area (Å²) in [4.78, 5) is 23.7. The summed E-state index contributed by atoms with van der Waals surface area (Å²) in [6.45, 7) is 2.04. The SMILES string of the molecule is COC(=O)[C@H](C)NC(=O)C1CNNC1c1ccccc1Cl. The molecule has 0 radical (unpaired) electrons. The third-order valence-corrected chi connectivity index (χ3v) is 3.82. The van der Waals surface area contributed by atoms with Gasteiger partial charge in [-0.05, 0) is 18.6 Å². The van der Waals surface area contributed by atoms with Crippen LogP contribution in [0.4, 0.5) is 0 Å². The van der Waals surface area contributed by atoms with Crippen molar-refractivity contribution in [3.8, 4) is 0 Å². The second kappa shape index (κ2) is 6.89. The van der Waals surface area contributed by atoms with Crippen molar-refractivity contribution in [3.63, 3.8) is 0 Å². The third kappa shape index (κ3) is 3.53. The predicted molar refractivity (Wildman–Crippen MR) is 78.4 cm³/mol. The van der Waals surface area contributed by atoms with Crippen molar-refractivity contribution in [2.45, 2.75) is 19.0 Å². The molecule has 1 aliphatic heterocycles. The zero-order valence-corrected chi connectivity index (χ0v) is 12.6. The number of hydrogen-bond donors (Lipinski definition) is 3. The van der Waals surface area contributed by atoms with Gasteiger partial charge in [-0.15, -0.1) is 0 Å². The van der Waals surface area contributed by atoms with Crippen LogP contribution < -0.4 is 16.2 Å². The standard InChI is InChI=1S/C14H18ClN3O3/c1-8(14(20)21-2)17-13(19)10-7-16-18-12(10)9-5-3-4-6-11(9)15/h3-6,8,10,12,16,18H,7H2,1-2H3,(H,17,19)/t8-,10?,12?/m0/s1. The van der Waals surface area contributed by atoms with Crippen molar-refractivity contribution >= 4 is 23.5 Å². The van der Waals surface area contributed by atoms with Crippen LogP contribution in [0.3, 0.4) is 0 Å². The number of carbonyl (C=O) groups is 2. The number of halogens is 1. The molecule has 6 nitrogen and oxygen atoms in total. The van der Waals surface area contributed by atoms with E-state index >= 15 is 0 Å². The van der Waals surface area contributed by atoms with Gasteiger partial charge in [-0.25, -0.2) is 10.2 Å². The van der Waals surface area contributed by atoms with Crippen LogP contribution in [0.25, 0.3) is 0 Å². The monoisotopic (exact) mass is 311 g/mol. The average Bonchev–Trinajstić information content (AvgIpc) is 2.96. The highest BCUT2D eigenvalue weighted by molar-refractivity contribution is 6.31. The van der Waals surface area contributed by atoms with E-state index in [9.17, 15) is 9.59 Å². The quantitative estimate of drug-likeness (QED) is 0.716. The maximum atomic E-state index is 12.3. The molecule has 1 amide bonds. The Bertz CT molecular complexity index is 538. The maximum Gasteiger partial charge on any atom is 0.328 e. The Morgan fingerprint density at radius 3 is 2.81 bits per heavy atom. The Kier molecular flexibility index (Phi) is 5.17. The first-order valence-electron chi connectivity index (χ1n) is 6.65. The van der Waals surface area contributed by atoms with E-state index in [-0.39, 0.29) is 17.9 Å². The van der Waals surface area contributed by atoms with Crippen molar-refractivity contribution in [2.75, 3.05) is 13.7 Å². The second-order valence-corrected chi connectivity index (χ2v) is 5.29. The Labute approximate surface area is 128 Å². The van der Waals surface area contributed by atoms with E-state index in [0.29, 0.717) is 11.6 Å². The summed E-state index contributed by atoms with van der Waals surface area (Å²) in [5.74, 6) is -1.07. The highest BCUT2D eigenvalue weighted by Gasteiger charge is 2.36. The molecular weight excluding hydrogens is 294 g/mol. The molecule has 3 atom stereocenters. The molecule has 2 rings (SSSR count). The number of esters is 1. The highest BCUT2D eigenvalue weighted by atomic mass is 35.5. The molecule has 1 aromatic rings. The summed E-state index contributed by atoms with van der Waals surface area (Å²) in [5.41, 5.74) is 6.85. The lowest BCUT2D eigenvalue weighted by Crippen LogP contribution is -2.44. The Morgan fingerprint density at radius 2 is 2.14 bits per heavy atom. The maximum absolute atomic E-state index is 12.3. The van der Waals surface area contributed by atoms with Crippen molar-refractivity contribution in [1.82, 2.24) is 16.2 Å². The number of rotatable bonds is 4. The Hall–Kier alpha value is -1.63. The van der Waals surface area contributed by atoms with E-state index in [4.69, 9.17) is 11.6 Å². The molecule has 0 aromatic heterocycles. The van der Waals surface area contributed by atoms with Crippen LogP contribution in [0.5, 0.6) is 0 Å². The van der Waals surface area contributed by atoms with E-state index in [1.807, 2.05) is 18.2 Å². The summed E-state index contributed by atoms with van der Waals surface area (Å²) in [6, 6.07) is 6.43.